The third kappa shape index (κ3) is 3.23. The predicted molar refractivity (Wildman–Crippen MR) is 54.1 cm³/mol. The van der Waals surface area contributed by atoms with Gasteiger partial charge in [-0.25, -0.2) is 21.6 Å². The molecule has 0 aromatic heterocycles. The zero-order valence-electron chi connectivity index (χ0n) is 8.63. The number of rotatable bonds is 4. The van der Waals surface area contributed by atoms with Crippen molar-refractivity contribution in [3.8, 4) is 0 Å². The van der Waals surface area contributed by atoms with E-state index >= 15 is 0 Å². The van der Waals surface area contributed by atoms with Crippen LogP contribution in [0.3, 0.4) is 0 Å². The molecule has 0 spiro atoms. The highest BCUT2D eigenvalue weighted by Gasteiger charge is 2.16. The van der Waals surface area contributed by atoms with Crippen LogP contribution < -0.4 is 0 Å². The van der Waals surface area contributed by atoms with E-state index in [0.29, 0.717) is 18.6 Å². The molecule has 6 heteroatoms. The van der Waals surface area contributed by atoms with Crippen LogP contribution in [0.5, 0.6) is 0 Å². The number of halogens is 3. The van der Waals surface area contributed by atoms with Crippen LogP contribution in [0.15, 0.2) is 12.1 Å². The molecule has 0 saturated heterocycles. The van der Waals surface area contributed by atoms with Gasteiger partial charge in [-0.2, -0.15) is 0 Å². The summed E-state index contributed by atoms with van der Waals surface area (Å²) in [6.07, 6.45) is 0.396. The minimum Gasteiger partial charge on any atom is -0.228 e. The molecule has 0 aliphatic heterocycles. The van der Waals surface area contributed by atoms with Crippen molar-refractivity contribution < 1.29 is 21.6 Å². The van der Waals surface area contributed by atoms with Gasteiger partial charge in [-0.05, 0) is 12.5 Å². The molecule has 0 bridgehead atoms. The fourth-order valence-electron chi connectivity index (χ4n) is 1.29. The van der Waals surface area contributed by atoms with E-state index in [0.717, 1.165) is 0 Å². The summed E-state index contributed by atoms with van der Waals surface area (Å²) in [4.78, 5) is 0. The molecular formula is C10H11F3O2S. The molecule has 0 N–H and O–H groups in total. The molecule has 1 aromatic rings. The second-order valence-electron chi connectivity index (χ2n) is 3.45. The Bertz CT molecular complexity index is 483. The van der Waals surface area contributed by atoms with Crippen LogP contribution in [0.25, 0.3) is 0 Å². The molecule has 0 aliphatic carbocycles. The fraction of sp³-hybridized carbons (Fsp3) is 0.400. The van der Waals surface area contributed by atoms with E-state index in [4.69, 9.17) is 0 Å². The Morgan fingerprint density at radius 2 is 1.62 bits per heavy atom. The standard InChI is InChI=1S/C10H11F3O2S/c1-2-3-16(14,15)6-7-4-9(12)10(13)5-8(7)11/h4-5H,2-3,6H2,1H3. The molecule has 1 rings (SSSR count). The lowest BCUT2D eigenvalue weighted by Gasteiger charge is -2.05. The third-order valence-electron chi connectivity index (χ3n) is 1.98. The van der Waals surface area contributed by atoms with Gasteiger partial charge in [0.15, 0.2) is 21.5 Å². The third-order valence-corrected chi connectivity index (χ3v) is 3.76. The Morgan fingerprint density at radius 1 is 1.06 bits per heavy atom. The zero-order valence-corrected chi connectivity index (χ0v) is 9.45. The first kappa shape index (κ1) is 13.0. The van der Waals surface area contributed by atoms with Crippen molar-refractivity contribution >= 4 is 9.84 Å². The van der Waals surface area contributed by atoms with E-state index in [1.807, 2.05) is 0 Å². The van der Waals surface area contributed by atoms with Crippen LogP contribution in [0.1, 0.15) is 18.9 Å². The second kappa shape index (κ2) is 4.86. The Hall–Kier alpha value is -1.04. The maximum Gasteiger partial charge on any atom is 0.161 e. The van der Waals surface area contributed by atoms with Gasteiger partial charge < -0.3 is 0 Å². The lowest BCUT2D eigenvalue weighted by molar-refractivity contribution is 0.491. The quantitative estimate of drug-likeness (QED) is 0.771. The molecule has 0 heterocycles. The van der Waals surface area contributed by atoms with Crippen molar-refractivity contribution in [3.05, 3.63) is 35.1 Å². The van der Waals surface area contributed by atoms with Crippen molar-refractivity contribution in [1.29, 1.82) is 0 Å². The van der Waals surface area contributed by atoms with E-state index < -0.39 is 33.0 Å². The number of sulfone groups is 1. The van der Waals surface area contributed by atoms with Gasteiger partial charge in [-0.3, -0.25) is 0 Å². The topological polar surface area (TPSA) is 34.1 Å². The van der Waals surface area contributed by atoms with Gasteiger partial charge in [0.1, 0.15) is 5.82 Å². The van der Waals surface area contributed by atoms with Crippen LogP contribution in [0.2, 0.25) is 0 Å². The molecule has 16 heavy (non-hydrogen) atoms. The van der Waals surface area contributed by atoms with Gasteiger partial charge in [0, 0.05) is 11.6 Å². The largest absolute Gasteiger partial charge is 0.228 e. The molecule has 1 aromatic carbocycles. The van der Waals surface area contributed by atoms with Crippen molar-refractivity contribution in [2.24, 2.45) is 0 Å². The number of hydrogen-bond acceptors (Lipinski definition) is 2. The van der Waals surface area contributed by atoms with Gasteiger partial charge in [0.05, 0.1) is 11.5 Å². The van der Waals surface area contributed by atoms with Crippen LogP contribution in [-0.4, -0.2) is 14.2 Å². The summed E-state index contributed by atoms with van der Waals surface area (Å²) < 4.78 is 61.2. The SMILES string of the molecule is CCCS(=O)(=O)Cc1cc(F)c(F)cc1F. The molecule has 0 atom stereocenters. The van der Waals surface area contributed by atoms with Crippen molar-refractivity contribution in [2.75, 3.05) is 5.75 Å². The highest BCUT2D eigenvalue weighted by Crippen LogP contribution is 2.16. The van der Waals surface area contributed by atoms with E-state index in [-0.39, 0.29) is 11.3 Å². The Kier molecular flexibility index (Phi) is 3.96. The van der Waals surface area contributed by atoms with E-state index in [2.05, 4.69) is 0 Å². The summed E-state index contributed by atoms with van der Waals surface area (Å²) in [7, 11) is -3.47. The van der Waals surface area contributed by atoms with Gasteiger partial charge in [0.2, 0.25) is 0 Å². The fourth-order valence-corrected chi connectivity index (χ4v) is 2.76. The Labute approximate surface area is 92.0 Å². The first-order valence-electron chi connectivity index (χ1n) is 4.69. The maximum atomic E-state index is 13.1. The average molecular weight is 252 g/mol. The van der Waals surface area contributed by atoms with Crippen LogP contribution in [0, 0.1) is 17.5 Å². The summed E-state index contributed by atoms with van der Waals surface area (Å²) in [6.45, 7) is 1.67. The van der Waals surface area contributed by atoms with Crippen molar-refractivity contribution in [1.82, 2.24) is 0 Å². The normalized spacial score (nSPS) is 11.8. The summed E-state index contributed by atoms with van der Waals surface area (Å²) in [6, 6.07) is 0.935. The molecule has 2 nitrogen and oxygen atoms in total. The number of benzene rings is 1. The lowest BCUT2D eigenvalue weighted by atomic mass is 10.2. The minimum atomic E-state index is -3.47. The zero-order chi connectivity index (χ0) is 12.3. The average Bonchev–Trinajstić information content (AvgIpc) is 2.13. The van der Waals surface area contributed by atoms with Crippen molar-refractivity contribution in [3.63, 3.8) is 0 Å². The van der Waals surface area contributed by atoms with E-state index in [9.17, 15) is 21.6 Å². The van der Waals surface area contributed by atoms with Gasteiger partial charge in [-0.1, -0.05) is 6.92 Å². The van der Waals surface area contributed by atoms with Gasteiger partial charge in [-0.15, -0.1) is 0 Å². The molecular weight excluding hydrogens is 241 g/mol. The highest BCUT2D eigenvalue weighted by atomic mass is 32.2. The summed E-state index contributed by atoms with van der Waals surface area (Å²) in [5.74, 6) is -4.33. The summed E-state index contributed by atoms with van der Waals surface area (Å²) in [5.41, 5.74) is -0.340. The van der Waals surface area contributed by atoms with Crippen molar-refractivity contribution in [2.45, 2.75) is 19.1 Å². The maximum absolute atomic E-state index is 13.1. The lowest BCUT2D eigenvalue weighted by Crippen LogP contribution is -2.10. The molecule has 0 aliphatic rings. The first-order chi connectivity index (χ1) is 7.35. The number of hydrogen-bond donors (Lipinski definition) is 0. The molecule has 90 valence electrons. The minimum absolute atomic E-state index is 0.106. The van der Waals surface area contributed by atoms with Crippen LogP contribution >= 0.6 is 0 Å². The molecule has 0 amide bonds. The highest BCUT2D eigenvalue weighted by molar-refractivity contribution is 7.90. The summed E-state index contributed by atoms with van der Waals surface area (Å²) >= 11 is 0. The predicted octanol–water partition coefficient (Wildman–Crippen LogP) is 2.43. The monoisotopic (exact) mass is 252 g/mol. The second-order valence-corrected chi connectivity index (χ2v) is 5.63. The Morgan fingerprint density at radius 3 is 2.19 bits per heavy atom. The first-order valence-corrected chi connectivity index (χ1v) is 6.51. The molecule has 0 radical (unpaired) electrons. The van der Waals surface area contributed by atoms with E-state index in [1.54, 1.807) is 6.92 Å². The van der Waals surface area contributed by atoms with Gasteiger partial charge in [0.25, 0.3) is 0 Å². The Balaban J connectivity index is 3.03. The molecule has 0 fully saturated rings. The van der Waals surface area contributed by atoms with E-state index in [1.165, 1.54) is 0 Å². The summed E-state index contributed by atoms with van der Waals surface area (Å²) in [5, 5.41) is 0. The van der Waals surface area contributed by atoms with Crippen LogP contribution in [-0.2, 0) is 15.6 Å². The van der Waals surface area contributed by atoms with Gasteiger partial charge >= 0.3 is 0 Å². The smallest absolute Gasteiger partial charge is 0.161 e. The molecule has 0 saturated carbocycles. The molecule has 0 unspecified atom stereocenters. The van der Waals surface area contributed by atoms with Crippen LogP contribution in [0.4, 0.5) is 13.2 Å².